The molecule has 98 valence electrons. The molecule has 0 aromatic carbocycles. The molecule has 2 saturated heterocycles. The van der Waals surface area contributed by atoms with Crippen LogP contribution in [0.1, 0.15) is 37.3 Å². The van der Waals surface area contributed by atoms with Crippen molar-refractivity contribution in [3.05, 3.63) is 30.1 Å². The van der Waals surface area contributed by atoms with Crippen LogP contribution in [0.4, 0.5) is 0 Å². The molecule has 3 rings (SSSR count). The van der Waals surface area contributed by atoms with Crippen LogP contribution < -0.4 is 0 Å². The van der Waals surface area contributed by atoms with Crippen molar-refractivity contribution >= 4 is 0 Å². The Kier molecular flexibility index (Phi) is 3.91. The van der Waals surface area contributed by atoms with Crippen molar-refractivity contribution in [2.75, 3.05) is 32.7 Å². The number of hydrogen-bond donors (Lipinski definition) is 0. The predicted molar refractivity (Wildman–Crippen MR) is 73.5 cm³/mol. The maximum absolute atomic E-state index is 4.26. The summed E-state index contributed by atoms with van der Waals surface area (Å²) in [6.07, 6.45) is 9.33. The molecule has 0 bridgehead atoms. The Labute approximate surface area is 110 Å². The van der Waals surface area contributed by atoms with Crippen molar-refractivity contribution in [3.63, 3.8) is 0 Å². The lowest BCUT2D eigenvalue weighted by Crippen LogP contribution is -2.33. The molecule has 0 radical (unpaired) electrons. The van der Waals surface area contributed by atoms with Crippen LogP contribution in [0.25, 0.3) is 0 Å². The van der Waals surface area contributed by atoms with Crippen LogP contribution in [0.3, 0.4) is 0 Å². The van der Waals surface area contributed by atoms with Crippen molar-refractivity contribution in [3.8, 4) is 0 Å². The highest BCUT2D eigenvalue weighted by Gasteiger charge is 2.26. The quantitative estimate of drug-likeness (QED) is 0.811. The molecule has 3 heterocycles. The van der Waals surface area contributed by atoms with E-state index in [1.54, 1.807) is 0 Å². The molecule has 0 unspecified atom stereocenters. The summed E-state index contributed by atoms with van der Waals surface area (Å²) in [7, 11) is 0. The zero-order valence-corrected chi connectivity index (χ0v) is 11.1. The minimum absolute atomic E-state index is 0.612. The minimum atomic E-state index is 0.612. The second-order valence-electron chi connectivity index (χ2n) is 5.53. The summed E-state index contributed by atoms with van der Waals surface area (Å²) in [4.78, 5) is 9.52. The molecular formula is C15H23N3. The Balaban J connectivity index is 1.57. The molecule has 3 nitrogen and oxygen atoms in total. The third kappa shape index (κ3) is 2.73. The number of nitrogens with zero attached hydrogens (tertiary/aromatic N) is 3. The zero-order chi connectivity index (χ0) is 12.2. The van der Waals surface area contributed by atoms with Crippen LogP contribution in [0, 0.1) is 0 Å². The number of hydrogen-bond acceptors (Lipinski definition) is 3. The second-order valence-corrected chi connectivity index (χ2v) is 5.53. The summed E-state index contributed by atoms with van der Waals surface area (Å²) in [5.41, 5.74) is 1.40. The van der Waals surface area contributed by atoms with Crippen molar-refractivity contribution in [1.82, 2.24) is 14.8 Å². The van der Waals surface area contributed by atoms with Gasteiger partial charge in [0.05, 0.1) is 0 Å². The number of aromatic nitrogens is 1. The molecule has 2 aliphatic rings. The van der Waals surface area contributed by atoms with Gasteiger partial charge in [-0.2, -0.15) is 0 Å². The smallest absolute Gasteiger partial charge is 0.0364 e. The van der Waals surface area contributed by atoms with Gasteiger partial charge < -0.3 is 4.90 Å². The van der Waals surface area contributed by atoms with Gasteiger partial charge in [-0.1, -0.05) is 6.07 Å². The van der Waals surface area contributed by atoms with Gasteiger partial charge in [0.25, 0.3) is 0 Å². The normalized spacial score (nSPS) is 25.9. The predicted octanol–water partition coefficient (Wildman–Crippen LogP) is 2.31. The Bertz CT molecular complexity index is 359. The Morgan fingerprint density at radius 2 is 2.00 bits per heavy atom. The molecule has 2 fully saturated rings. The molecule has 0 spiro atoms. The van der Waals surface area contributed by atoms with E-state index in [0.717, 1.165) is 0 Å². The van der Waals surface area contributed by atoms with Gasteiger partial charge in [-0.05, 0) is 56.9 Å². The van der Waals surface area contributed by atoms with E-state index in [2.05, 4.69) is 26.9 Å². The maximum Gasteiger partial charge on any atom is 0.0364 e. The monoisotopic (exact) mass is 245 g/mol. The van der Waals surface area contributed by atoms with E-state index in [0.29, 0.717) is 6.04 Å². The van der Waals surface area contributed by atoms with Crippen LogP contribution in [0.15, 0.2) is 24.5 Å². The molecule has 1 aromatic rings. The van der Waals surface area contributed by atoms with Gasteiger partial charge in [0.2, 0.25) is 0 Å². The number of likely N-dealkylation sites (tertiary alicyclic amines) is 2. The van der Waals surface area contributed by atoms with Crippen LogP contribution >= 0.6 is 0 Å². The van der Waals surface area contributed by atoms with Gasteiger partial charge in [0, 0.05) is 31.5 Å². The van der Waals surface area contributed by atoms with E-state index in [1.165, 1.54) is 64.0 Å². The fourth-order valence-electron chi connectivity index (χ4n) is 3.32. The topological polar surface area (TPSA) is 19.4 Å². The van der Waals surface area contributed by atoms with E-state index >= 15 is 0 Å². The first-order valence-corrected chi connectivity index (χ1v) is 7.30. The first-order chi connectivity index (χ1) is 8.93. The Hall–Kier alpha value is -0.930. The van der Waals surface area contributed by atoms with Gasteiger partial charge in [0.1, 0.15) is 0 Å². The zero-order valence-electron chi connectivity index (χ0n) is 11.1. The van der Waals surface area contributed by atoms with Crippen LogP contribution in [0.5, 0.6) is 0 Å². The Morgan fingerprint density at radius 3 is 2.78 bits per heavy atom. The summed E-state index contributed by atoms with van der Waals surface area (Å²) >= 11 is 0. The van der Waals surface area contributed by atoms with Crippen molar-refractivity contribution in [2.45, 2.75) is 31.7 Å². The van der Waals surface area contributed by atoms with Gasteiger partial charge in [0.15, 0.2) is 0 Å². The van der Waals surface area contributed by atoms with E-state index in [1.807, 2.05) is 12.4 Å². The van der Waals surface area contributed by atoms with E-state index in [4.69, 9.17) is 0 Å². The number of rotatable bonds is 4. The second kappa shape index (κ2) is 5.81. The third-order valence-corrected chi connectivity index (χ3v) is 4.33. The molecule has 0 saturated carbocycles. The molecule has 0 amide bonds. The molecule has 2 aliphatic heterocycles. The highest BCUT2D eigenvalue weighted by Crippen LogP contribution is 2.30. The highest BCUT2D eigenvalue weighted by molar-refractivity contribution is 5.15. The summed E-state index contributed by atoms with van der Waals surface area (Å²) < 4.78 is 0. The maximum atomic E-state index is 4.26. The first kappa shape index (κ1) is 12.1. The van der Waals surface area contributed by atoms with Crippen molar-refractivity contribution in [2.24, 2.45) is 0 Å². The van der Waals surface area contributed by atoms with Crippen molar-refractivity contribution in [1.29, 1.82) is 0 Å². The lowest BCUT2D eigenvalue weighted by atomic mass is 10.1. The fraction of sp³-hybridized carbons (Fsp3) is 0.667. The number of pyridine rings is 1. The van der Waals surface area contributed by atoms with Crippen LogP contribution in [0.2, 0.25) is 0 Å². The molecule has 1 aromatic heterocycles. The minimum Gasteiger partial charge on any atom is -0.302 e. The molecule has 3 heteroatoms. The highest BCUT2D eigenvalue weighted by atomic mass is 15.2. The van der Waals surface area contributed by atoms with E-state index < -0.39 is 0 Å². The SMILES string of the molecule is c1cncc([C@@H]2CCCN2CCN2CCCC2)c1. The lowest BCUT2D eigenvalue weighted by molar-refractivity contribution is 0.213. The Morgan fingerprint density at radius 1 is 1.11 bits per heavy atom. The van der Waals surface area contributed by atoms with Crippen molar-refractivity contribution < 1.29 is 0 Å². The van der Waals surface area contributed by atoms with Gasteiger partial charge >= 0.3 is 0 Å². The van der Waals surface area contributed by atoms with E-state index in [9.17, 15) is 0 Å². The summed E-state index contributed by atoms with van der Waals surface area (Å²) in [5, 5.41) is 0. The van der Waals surface area contributed by atoms with Crippen LogP contribution in [-0.2, 0) is 0 Å². The molecule has 1 atom stereocenters. The molecule has 18 heavy (non-hydrogen) atoms. The van der Waals surface area contributed by atoms with Crippen LogP contribution in [-0.4, -0.2) is 47.5 Å². The first-order valence-electron chi connectivity index (χ1n) is 7.30. The van der Waals surface area contributed by atoms with Gasteiger partial charge in [-0.3, -0.25) is 9.88 Å². The average molecular weight is 245 g/mol. The third-order valence-electron chi connectivity index (χ3n) is 4.33. The summed E-state index contributed by atoms with van der Waals surface area (Å²) in [6, 6.07) is 4.90. The fourth-order valence-corrected chi connectivity index (χ4v) is 3.32. The largest absolute Gasteiger partial charge is 0.302 e. The molecule has 0 aliphatic carbocycles. The molecule has 0 N–H and O–H groups in total. The average Bonchev–Trinajstić information content (AvgIpc) is 3.09. The lowest BCUT2D eigenvalue weighted by Gasteiger charge is -2.26. The van der Waals surface area contributed by atoms with Gasteiger partial charge in [-0.15, -0.1) is 0 Å². The molecular weight excluding hydrogens is 222 g/mol. The summed E-state index contributed by atoms with van der Waals surface area (Å²) in [5.74, 6) is 0. The van der Waals surface area contributed by atoms with Gasteiger partial charge in [-0.25, -0.2) is 0 Å². The standard InChI is InChI=1S/C15H23N3/c1-2-9-17(8-1)11-12-18-10-4-6-15(18)14-5-3-7-16-13-14/h3,5,7,13,15H,1-2,4,6,8-12H2/t15-/m0/s1. The summed E-state index contributed by atoms with van der Waals surface area (Å²) in [6.45, 7) is 6.35. The van der Waals surface area contributed by atoms with E-state index in [-0.39, 0.29) is 0 Å².